The maximum absolute atomic E-state index is 11.7. The Morgan fingerprint density at radius 3 is 2.58 bits per heavy atom. The molecule has 1 N–H and O–H groups in total. The molecule has 7 heteroatoms. The Bertz CT molecular complexity index is 947. The number of nitrogens with zero attached hydrogens (tertiary/aromatic N) is 1. The average molecular weight is 326 g/mol. The maximum Gasteiger partial charge on any atom is 0.338 e. The van der Waals surface area contributed by atoms with Crippen LogP contribution in [0.15, 0.2) is 57.7 Å². The Kier molecular flexibility index (Phi) is 4.15. The van der Waals surface area contributed by atoms with Crippen molar-refractivity contribution in [1.82, 2.24) is 0 Å². The van der Waals surface area contributed by atoms with E-state index in [-0.39, 0.29) is 5.69 Å². The second-order valence-electron chi connectivity index (χ2n) is 5.12. The molecule has 3 aromatic rings. The van der Waals surface area contributed by atoms with Gasteiger partial charge in [-0.1, -0.05) is 12.1 Å². The quantitative estimate of drug-likeness (QED) is 0.439. The number of anilines is 1. The van der Waals surface area contributed by atoms with Crippen LogP contribution in [-0.4, -0.2) is 12.0 Å². The van der Waals surface area contributed by atoms with Crippen LogP contribution in [0.25, 0.3) is 11.0 Å². The summed E-state index contributed by atoms with van der Waals surface area (Å²) in [7, 11) is 1.59. The van der Waals surface area contributed by atoms with E-state index in [0.717, 1.165) is 11.3 Å². The molecular formula is C17H14N2O5. The van der Waals surface area contributed by atoms with Crippen molar-refractivity contribution in [2.75, 3.05) is 12.4 Å². The Morgan fingerprint density at radius 1 is 1.17 bits per heavy atom. The molecule has 1 heterocycles. The smallest absolute Gasteiger partial charge is 0.338 e. The van der Waals surface area contributed by atoms with Crippen LogP contribution in [0.3, 0.4) is 0 Å². The van der Waals surface area contributed by atoms with Crippen LogP contribution in [0.2, 0.25) is 0 Å². The van der Waals surface area contributed by atoms with Crippen molar-refractivity contribution in [2.45, 2.75) is 6.54 Å². The van der Waals surface area contributed by atoms with E-state index < -0.39 is 10.5 Å². The zero-order valence-corrected chi connectivity index (χ0v) is 12.8. The average Bonchev–Trinajstić information content (AvgIpc) is 2.59. The highest BCUT2D eigenvalue weighted by Gasteiger charge is 2.11. The molecule has 0 fully saturated rings. The molecule has 0 aliphatic heterocycles. The van der Waals surface area contributed by atoms with Crippen LogP contribution in [0.4, 0.5) is 11.4 Å². The summed E-state index contributed by atoms with van der Waals surface area (Å²) < 4.78 is 10.2. The lowest BCUT2D eigenvalue weighted by Gasteiger charge is -2.09. The molecule has 0 bridgehead atoms. The first-order valence-electron chi connectivity index (χ1n) is 7.16. The van der Waals surface area contributed by atoms with E-state index in [4.69, 9.17) is 9.15 Å². The minimum absolute atomic E-state index is 0.0659. The lowest BCUT2D eigenvalue weighted by molar-refractivity contribution is -0.384. The van der Waals surface area contributed by atoms with Crippen LogP contribution >= 0.6 is 0 Å². The van der Waals surface area contributed by atoms with Gasteiger partial charge in [-0.25, -0.2) is 4.79 Å². The summed E-state index contributed by atoms with van der Waals surface area (Å²) in [4.78, 5) is 22.1. The molecule has 0 saturated carbocycles. The normalized spacial score (nSPS) is 10.5. The van der Waals surface area contributed by atoms with E-state index in [1.54, 1.807) is 7.11 Å². The van der Waals surface area contributed by atoms with Crippen molar-refractivity contribution >= 4 is 22.3 Å². The number of nitro groups is 1. The first-order chi connectivity index (χ1) is 11.6. The van der Waals surface area contributed by atoms with Crippen LogP contribution < -0.4 is 15.7 Å². The molecule has 7 nitrogen and oxygen atoms in total. The number of benzene rings is 2. The van der Waals surface area contributed by atoms with Gasteiger partial charge < -0.3 is 14.5 Å². The predicted octanol–water partition coefficient (Wildman–Crippen LogP) is 3.32. The Hall–Kier alpha value is -3.35. The highest BCUT2D eigenvalue weighted by atomic mass is 16.6. The van der Waals surface area contributed by atoms with Crippen molar-refractivity contribution in [3.8, 4) is 5.75 Å². The zero-order valence-electron chi connectivity index (χ0n) is 12.8. The summed E-state index contributed by atoms with van der Waals surface area (Å²) in [5.74, 6) is 0.750. The SMILES string of the molecule is COc1ccc(CNc2cc(=O)oc3ccc([N+](=O)[O-])cc23)cc1. The topological polar surface area (TPSA) is 94.6 Å². The van der Waals surface area contributed by atoms with Crippen molar-refractivity contribution in [3.05, 3.63) is 74.6 Å². The number of nitrogens with one attached hydrogen (secondary N) is 1. The standard InChI is InChI=1S/C17H14N2O5/c1-23-13-5-2-11(3-6-13)10-18-15-9-17(20)24-16-7-4-12(19(21)22)8-14(15)16/h2-9,18H,10H2,1H3. The lowest BCUT2D eigenvalue weighted by atomic mass is 10.1. The van der Waals surface area contributed by atoms with Crippen molar-refractivity contribution in [2.24, 2.45) is 0 Å². The molecule has 3 rings (SSSR count). The number of ether oxygens (including phenoxy) is 1. The highest BCUT2D eigenvalue weighted by Crippen LogP contribution is 2.26. The number of hydrogen-bond donors (Lipinski definition) is 1. The molecule has 2 aromatic carbocycles. The number of methoxy groups -OCH3 is 1. The Balaban J connectivity index is 1.93. The molecule has 0 radical (unpaired) electrons. The van der Waals surface area contributed by atoms with Gasteiger partial charge in [0.1, 0.15) is 11.3 Å². The first kappa shape index (κ1) is 15.5. The summed E-state index contributed by atoms with van der Waals surface area (Å²) in [5.41, 5.74) is 1.17. The summed E-state index contributed by atoms with van der Waals surface area (Å²) in [6, 6.07) is 12.8. The number of nitro benzene ring substituents is 1. The van der Waals surface area contributed by atoms with Crippen molar-refractivity contribution < 1.29 is 14.1 Å². The molecule has 24 heavy (non-hydrogen) atoms. The third-order valence-corrected chi connectivity index (χ3v) is 3.58. The summed E-state index contributed by atoms with van der Waals surface area (Å²) in [6.45, 7) is 0.450. The van der Waals surface area contributed by atoms with Crippen LogP contribution in [0.1, 0.15) is 5.56 Å². The Labute approximate surface area is 136 Å². The molecule has 1 aromatic heterocycles. The van der Waals surface area contributed by atoms with Crippen LogP contribution in [0.5, 0.6) is 5.75 Å². The van der Waals surface area contributed by atoms with Crippen LogP contribution in [-0.2, 0) is 6.54 Å². The molecule has 0 spiro atoms. The van der Waals surface area contributed by atoms with Gasteiger partial charge in [0.15, 0.2) is 0 Å². The fourth-order valence-electron chi connectivity index (χ4n) is 2.35. The van der Waals surface area contributed by atoms with E-state index >= 15 is 0 Å². The molecule has 122 valence electrons. The highest BCUT2D eigenvalue weighted by molar-refractivity contribution is 5.91. The number of rotatable bonds is 5. The van der Waals surface area contributed by atoms with Gasteiger partial charge in [-0.05, 0) is 23.8 Å². The molecule has 0 aliphatic carbocycles. The van der Waals surface area contributed by atoms with Gasteiger partial charge >= 0.3 is 5.63 Å². The van der Waals surface area contributed by atoms with Gasteiger partial charge in [0.05, 0.1) is 17.7 Å². The van der Waals surface area contributed by atoms with E-state index in [1.165, 1.54) is 24.3 Å². The second kappa shape index (κ2) is 6.41. The first-order valence-corrected chi connectivity index (χ1v) is 7.16. The zero-order chi connectivity index (χ0) is 17.1. The fraction of sp³-hybridized carbons (Fsp3) is 0.118. The third-order valence-electron chi connectivity index (χ3n) is 3.58. The Morgan fingerprint density at radius 2 is 1.92 bits per heavy atom. The van der Waals surface area contributed by atoms with Crippen molar-refractivity contribution in [3.63, 3.8) is 0 Å². The molecule has 0 amide bonds. The summed E-state index contributed by atoms with van der Waals surface area (Å²) in [5, 5.41) is 14.6. The van der Waals surface area contributed by atoms with Gasteiger partial charge in [0, 0.05) is 30.1 Å². The monoisotopic (exact) mass is 326 g/mol. The van der Waals surface area contributed by atoms with E-state index in [2.05, 4.69) is 5.32 Å². The number of hydrogen-bond acceptors (Lipinski definition) is 6. The lowest BCUT2D eigenvalue weighted by Crippen LogP contribution is -2.05. The fourth-order valence-corrected chi connectivity index (χ4v) is 2.35. The van der Waals surface area contributed by atoms with E-state index in [0.29, 0.717) is 23.2 Å². The van der Waals surface area contributed by atoms with E-state index in [9.17, 15) is 14.9 Å². The van der Waals surface area contributed by atoms with Crippen LogP contribution in [0, 0.1) is 10.1 Å². The van der Waals surface area contributed by atoms with Gasteiger partial charge in [-0.15, -0.1) is 0 Å². The third kappa shape index (κ3) is 3.19. The molecular weight excluding hydrogens is 312 g/mol. The largest absolute Gasteiger partial charge is 0.497 e. The molecule has 0 saturated heterocycles. The molecule has 0 aliphatic rings. The van der Waals surface area contributed by atoms with Gasteiger partial charge in [-0.3, -0.25) is 10.1 Å². The van der Waals surface area contributed by atoms with Gasteiger partial charge in [0.25, 0.3) is 5.69 Å². The summed E-state index contributed by atoms with van der Waals surface area (Å²) >= 11 is 0. The maximum atomic E-state index is 11.7. The second-order valence-corrected chi connectivity index (χ2v) is 5.12. The minimum Gasteiger partial charge on any atom is -0.497 e. The minimum atomic E-state index is -0.520. The van der Waals surface area contributed by atoms with Crippen molar-refractivity contribution in [1.29, 1.82) is 0 Å². The molecule has 0 atom stereocenters. The van der Waals surface area contributed by atoms with Gasteiger partial charge in [0.2, 0.25) is 0 Å². The molecule has 0 unspecified atom stereocenters. The number of fused-ring (bicyclic) bond motifs is 1. The summed E-state index contributed by atoms with van der Waals surface area (Å²) in [6.07, 6.45) is 0. The van der Waals surface area contributed by atoms with E-state index in [1.807, 2.05) is 24.3 Å². The number of non-ortho nitro benzene ring substituents is 1. The van der Waals surface area contributed by atoms with Gasteiger partial charge in [-0.2, -0.15) is 0 Å². The predicted molar refractivity (Wildman–Crippen MR) is 89.5 cm³/mol.